The largest absolute Gasteiger partial charge is 0.300 e. The first-order valence-corrected chi connectivity index (χ1v) is 5.04. The summed E-state index contributed by atoms with van der Waals surface area (Å²) in [7, 11) is 0. The van der Waals surface area contributed by atoms with Gasteiger partial charge in [-0.1, -0.05) is 23.7 Å². The molecule has 0 amide bonds. The van der Waals surface area contributed by atoms with Crippen molar-refractivity contribution in [2.75, 3.05) is 0 Å². The number of hydrogen-bond donors (Lipinski definition) is 1. The molecule has 78 valence electrons. The van der Waals surface area contributed by atoms with Crippen LogP contribution < -0.4 is 5.56 Å². The van der Waals surface area contributed by atoms with Gasteiger partial charge in [0.05, 0.1) is 6.54 Å². The van der Waals surface area contributed by atoms with Crippen LogP contribution in [0, 0.1) is 6.92 Å². The van der Waals surface area contributed by atoms with Crippen molar-refractivity contribution in [3.8, 4) is 0 Å². The SMILES string of the molecule is Cc1cc(=O)n(Cc2ccc(Cl)cc2)[nH]1. The van der Waals surface area contributed by atoms with Gasteiger partial charge in [0.2, 0.25) is 0 Å². The Morgan fingerprint density at radius 3 is 2.53 bits per heavy atom. The average molecular weight is 223 g/mol. The monoisotopic (exact) mass is 222 g/mol. The Bertz CT molecular complexity index is 510. The molecule has 2 aromatic rings. The van der Waals surface area contributed by atoms with Crippen molar-refractivity contribution >= 4 is 11.6 Å². The highest BCUT2D eigenvalue weighted by molar-refractivity contribution is 6.30. The lowest BCUT2D eigenvalue weighted by molar-refractivity contribution is 0.657. The summed E-state index contributed by atoms with van der Waals surface area (Å²) >= 11 is 5.77. The molecule has 2 rings (SSSR count). The predicted octanol–water partition coefficient (Wildman–Crippen LogP) is 2.19. The van der Waals surface area contributed by atoms with Crippen LogP contribution in [0.3, 0.4) is 0 Å². The maximum atomic E-state index is 11.4. The lowest BCUT2D eigenvalue weighted by atomic mass is 10.2. The second kappa shape index (κ2) is 3.95. The van der Waals surface area contributed by atoms with Crippen LogP contribution in [0.5, 0.6) is 0 Å². The number of rotatable bonds is 2. The first kappa shape index (κ1) is 10.1. The van der Waals surface area contributed by atoms with Gasteiger partial charge < -0.3 is 0 Å². The first-order chi connectivity index (χ1) is 7.15. The standard InChI is InChI=1S/C11H11ClN2O/c1-8-6-11(15)14(13-8)7-9-2-4-10(12)5-3-9/h2-6,13H,7H2,1H3. The third-order valence-corrected chi connectivity index (χ3v) is 2.42. The van der Waals surface area contributed by atoms with Gasteiger partial charge in [-0.3, -0.25) is 9.89 Å². The number of aryl methyl sites for hydroxylation is 1. The third kappa shape index (κ3) is 2.30. The van der Waals surface area contributed by atoms with Crippen molar-refractivity contribution in [1.29, 1.82) is 0 Å². The van der Waals surface area contributed by atoms with Crippen LogP contribution in [0.15, 0.2) is 35.1 Å². The minimum atomic E-state index is -0.0116. The second-order valence-corrected chi connectivity index (χ2v) is 3.93. The predicted molar refractivity (Wildman–Crippen MR) is 60.3 cm³/mol. The van der Waals surface area contributed by atoms with E-state index in [4.69, 9.17) is 11.6 Å². The van der Waals surface area contributed by atoms with E-state index in [2.05, 4.69) is 5.10 Å². The van der Waals surface area contributed by atoms with Gasteiger partial charge in [-0.15, -0.1) is 0 Å². The van der Waals surface area contributed by atoms with E-state index < -0.39 is 0 Å². The van der Waals surface area contributed by atoms with Gasteiger partial charge in [-0.05, 0) is 24.6 Å². The molecule has 0 saturated heterocycles. The summed E-state index contributed by atoms with van der Waals surface area (Å²) in [5.41, 5.74) is 1.90. The van der Waals surface area contributed by atoms with Crippen LogP contribution in [0.4, 0.5) is 0 Å². The fourth-order valence-corrected chi connectivity index (χ4v) is 1.58. The number of aromatic nitrogens is 2. The second-order valence-electron chi connectivity index (χ2n) is 3.49. The number of hydrogen-bond acceptors (Lipinski definition) is 1. The minimum absolute atomic E-state index is 0.0116. The molecule has 0 aliphatic carbocycles. The van der Waals surface area contributed by atoms with Crippen molar-refractivity contribution in [2.45, 2.75) is 13.5 Å². The number of H-pyrrole nitrogens is 1. The molecule has 0 fully saturated rings. The number of nitrogens with zero attached hydrogens (tertiary/aromatic N) is 1. The van der Waals surface area contributed by atoms with Crippen LogP contribution in [0.25, 0.3) is 0 Å². The van der Waals surface area contributed by atoms with Crippen molar-refractivity contribution in [2.24, 2.45) is 0 Å². The smallest absolute Gasteiger partial charge is 0.267 e. The molecule has 0 unspecified atom stereocenters. The molecule has 1 N–H and O–H groups in total. The fourth-order valence-electron chi connectivity index (χ4n) is 1.45. The Kier molecular flexibility index (Phi) is 2.64. The molecule has 3 nitrogen and oxygen atoms in total. The summed E-state index contributed by atoms with van der Waals surface area (Å²) in [6, 6.07) is 9.03. The summed E-state index contributed by atoms with van der Waals surface area (Å²) in [5, 5.41) is 3.68. The molecule has 15 heavy (non-hydrogen) atoms. The first-order valence-electron chi connectivity index (χ1n) is 4.66. The Labute approximate surface area is 92.3 Å². The highest BCUT2D eigenvalue weighted by atomic mass is 35.5. The summed E-state index contributed by atoms with van der Waals surface area (Å²) < 4.78 is 1.57. The van der Waals surface area contributed by atoms with Gasteiger partial charge in [0.25, 0.3) is 5.56 Å². The maximum absolute atomic E-state index is 11.4. The number of benzene rings is 1. The average Bonchev–Trinajstić information content (AvgIpc) is 2.49. The van der Waals surface area contributed by atoms with E-state index in [1.165, 1.54) is 0 Å². The van der Waals surface area contributed by atoms with Crippen molar-refractivity contribution < 1.29 is 0 Å². The molecular formula is C11H11ClN2O. The summed E-state index contributed by atoms with van der Waals surface area (Å²) in [4.78, 5) is 11.4. The van der Waals surface area contributed by atoms with Gasteiger partial charge in [0.15, 0.2) is 0 Å². The topological polar surface area (TPSA) is 37.8 Å². The Balaban J connectivity index is 2.25. The maximum Gasteiger partial charge on any atom is 0.267 e. The molecule has 1 aromatic carbocycles. The van der Waals surface area contributed by atoms with Gasteiger partial charge in [0, 0.05) is 16.8 Å². The van der Waals surface area contributed by atoms with Crippen LogP contribution in [0.1, 0.15) is 11.3 Å². The number of halogens is 1. The molecule has 0 aliphatic heterocycles. The number of nitrogens with one attached hydrogen (secondary N) is 1. The van der Waals surface area contributed by atoms with E-state index >= 15 is 0 Å². The third-order valence-electron chi connectivity index (χ3n) is 2.17. The van der Waals surface area contributed by atoms with E-state index in [1.807, 2.05) is 31.2 Å². The van der Waals surface area contributed by atoms with E-state index in [1.54, 1.807) is 10.7 Å². The molecule has 0 bridgehead atoms. The van der Waals surface area contributed by atoms with E-state index in [-0.39, 0.29) is 5.56 Å². The molecule has 0 spiro atoms. The molecule has 1 heterocycles. The zero-order chi connectivity index (χ0) is 10.8. The van der Waals surface area contributed by atoms with Crippen LogP contribution in [0.2, 0.25) is 5.02 Å². The highest BCUT2D eigenvalue weighted by Crippen LogP contribution is 2.09. The van der Waals surface area contributed by atoms with E-state index in [0.29, 0.717) is 11.6 Å². The van der Waals surface area contributed by atoms with Gasteiger partial charge in [-0.2, -0.15) is 0 Å². The Morgan fingerprint density at radius 2 is 2.00 bits per heavy atom. The minimum Gasteiger partial charge on any atom is -0.300 e. The van der Waals surface area contributed by atoms with Crippen LogP contribution in [-0.2, 0) is 6.54 Å². The van der Waals surface area contributed by atoms with Crippen molar-refractivity contribution in [3.63, 3.8) is 0 Å². The van der Waals surface area contributed by atoms with Crippen LogP contribution >= 0.6 is 11.6 Å². The zero-order valence-corrected chi connectivity index (χ0v) is 9.08. The number of aromatic amines is 1. The molecule has 0 atom stereocenters. The normalized spacial score (nSPS) is 10.5. The zero-order valence-electron chi connectivity index (χ0n) is 8.33. The van der Waals surface area contributed by atoms with Crippen molar-refractivity contribution in [1.82, 2.24) is 9.78 Å². The summed E-state index contributed by atoms with van der Waals surface area (Å²) in [5.74, 6) is 0. The molecule has 0 aliphatic rings. The molecule has 1 aromatic heterocycles. The summed E-state index contributed by atoms with van der Waals surface area (Å²) in [6.45, 7) is 2.41. The molecule has 4 heteroatoms. The molecule has 0 radical (unpaired) electrons. The fraction of sp³-hybridized carbons (Fsp3) is 0.182. The Hall–Kier alpha value is -1.48. The van der Waals surface area contributed by atoms with Gasteiger partial charge >= 0.3 is 0 Å². The van der Waals surface area contributed by atoms with Gasteiger partial charge in [0.1, 0.15) is 0 Å². The Morgan fingerprint density at radius 1 is 1.33 bits per heavy atom. The quantitative estimate of drug-likeness (QED) is 0.831. The lowest BCUT2D eigenvalue weighted by Crippen LogP contribution is -2.16. The van der Waals surface area contributed by atoms with Crippen LogP contribution in [-0.4, -0.2) is 9.78 Å². The van der Waals surface area contributed by atoms with Gasteiger partial charge in [-0.25, -0.2) is 4.68 Å². The highest BCUT2D eigenvalue weighted by Gasteiger charge is 2.00. The van der Waals surface area contributed by atoms with E-state index in [0.717, 1.165) is 11.3 Å². The molecule has 0 saturated carbocycles. The molecular weight excluding hydrogens is 212 g/mol. The van der Waals surface area contributed by atoms with Crippen molar-refractivity contribution in [3.05, 3.63) is 57.0 Å². The lowest BCUT2D eigenvalue weighted by Gasteiger charge is -2.02. The van der Waals surface area contributed by atoms with E-state index in [9.17, 15) is 4.79 Å². The summed E-state index contributed by atoms with van der Waals surface area (Å²) in [6.07, 6.45) is 0.